The average molecular weight is 311 g/mol. The molecule has 1 heterocycles. The van der Waals surface area contributed by atoms with Gasteiger partial charge >= 0.3 is 6.09 Å². The number of nitrogens with one attached hydrogen (secondary N) is 3. The SMILES string of the molecule is Cc1nc(NC(=O)CCCCCNC(=O)OC(C)(C)C)n[nH]1. The van der Waals surface area contributed by atoms with E-state index in [0.29, 0.717) is 24.7 Å². The number of hydrogen-bond donors (Lipinski definition) is 3. The lowest BCUT2D eigenvalue weighted by molar-refractivity contribution is -0.116. The molecule has 0 unspecified atom stereocenters. The third-order valence-electron chi connectivity index (χ3n) is 2.60. The van der Waals surface area contributed by atoms with Crippen LogP contribution < -0.4 is 10.6 Å². The standard InChI is InChI=1S/C14H25N5O3/c1-10-16-12(19-18-10)17-11(20)8-6-5-7-9-15-13(21)22-14(2,3)4/h5-9H2,1-4H3,(H,15,21)(H2,16,17,18,19,20). The van der Waals surface area contributed by atoms with Crippen LogP contribution in [0.15, 0.2) is 0 Å². The number of unbranched alkanes of at least 4 members (excludes halogenated alkanes) is 2. The molecule has 0 bridgehead atoms. The normalized spacial score (nSPS) is 11.1. The summed E-state index contributed by atoms with van der Waals surface area (Å²) in [5, 5.41) is 11.8. The highest BCUT2D eigenvalue weighted by Crippen LogP contribution is 2.07. The zero-order valence-electron chi connectivity index (χ0n) is 13.7. The Bertz CT molecular complexity index is 493. The van der Waals surface area contributed by atoms with Gasteiger partial charge < -0.3 is 10.1 Å². The molecule has 0 aliphatic rings. The van der Waals surface area contributed by atoms with Crippen molar-refractivity contribution in [3.05, 3.63) is 5.82 Å². The Balaban J connectivity index is 2.03. The predicted octanol–water partition coefficient (Wildman–Crippen LogP) is 2.14. The highest BCUT2D eigenvalue weighted by Gasteiger charge is 2.15. The maximum Gasteiger partial charge on any atom is 0.407 e. The van der Waals surface area contributed by atoms with Gasteiger partial charge in [-0.3, -0.25) is 15.2 Å². The van der Waals surface area contributed by atoms with E-state index in [4.69, 9.17) is 4.74 Å². The molecule has 0 aliphatic heterocycles. The molecular weight excluding hydrogens is 286 g/mol. The van der Waals surface area contributed by atoms with Crippen LogP contribution in [0.2, 0.25) is 0 Å². The van der Waals surface area contributed by atoms with Crippen LogP contribution in [0.5, 0.6) is 0 Å². The van der Waals surface area contributed by atoms with Crippen molar-refractivity contribution in [2.45, 2.75) is 59.0 Å². The van der Waals surface area contributed by atoms with Gasteiger partial charge in [0.1, 0.15) is 11.4 Å². The lowest BCUT2D eigenvalue weighted by Crippen LogP contribution is -2.33. The van der Waals surface area contributed by atoms with Gasteiger partial charge in [-0.1, -0.05) is 6.42 Å². The molecule has 3 N–H and O–H groups in total. The summed E-state index contributed by atoms with van der Waals surface area (Å²) in [6, 6.07) is 0. The van der Waals surface area contributed by atoms with Crippen molar-refractivity contribution in [3.63, 3.8) is 0 Å². The fourth-order valence-electron chi connectivity index (χ4n) is 1.68. The quantitative estimate of drug-likeness (QED) is 0.668. The fraction of sp³-hybridized carbons (Fsp3) is 0.714. The first-order chi connectivity index (χ1) is 10.3. The van der Waals surface area contributed by atoms with E-state index in [-0.39, 0.29) is 5.91 Å². The summed E-state index contributed by atoms with van der Waals surface area (Å²) in [6.07, 6.45) is 2.37. The van der Waals surface area contributed by atoms with Crippen LogP contribution in [-0.2, 0) is 9.53 Å². The fourth-order valence-corrected chi connectivity index (χ4v) is 1.68. The number of ether oxygens (including phenoxy) is 1. The summed E-state index contributed by atoms with van der Waals surface area (Å²) >= 11 is 0. The van der Waals surface area contributed by atoms with Crippen molar-refractivity contribution in [2.75, 3.05) is 11.9 Å². The van der Waals surface area contributed by atoms with E-state index in [1.54, 1.807) is 6.92 Å². The second-order valence-corrected chi connectivity index (χ2v) is 6.03. The number of alkyl carbamates (subject to hydrolysis) is 1. The highest BCUT2D eigenvalue weighted by molar-refractivity contribution is 5.88. The second kappa shape index (κ2) is 8.35. The minimum atomic E-state index is -0.485. The molecule has 0 aliphatic carbocycles. The van der Waals surface area contributed by atoms with E-state index in [2.05, 4.69) is 25.8 Å². The van der Waals surface area contributed by atoms with Gasteiger partial charge in [-0.05, 0) is 40.5 Å². The zero-order valence-corrected chi connectivity index (χ0v) is 13.7. The Hall–Kier alpha value is -2.12. The van der Waals surface area contributed by atoms with Crippen LogP contribution in [0.1, 0.15) is 52.3 Å². The third kappa shape index (κ3) is 8.23. The Kier molecular flexibility index (Phi) is 6.81. The maximum atomic E-state index is 11.6. The molecule has 0 atom stereocenters. The van der Waals surface area contributed by atoms with Crippen molar-refractivity contribution in [3.8, 4) is 0 Å². The number of aromatic amines is 1. The molecule has 1 aromatic heterocycles. The monoisotopic (exact) mass is 311 g/mol. The molecule has 8 heteroatoms. The van der Waals surface area contributed by atoms with E-state index in [1.165, 1.54) is 0 Å². The average Bonchev–Trinajstić information content (AvgIpc) is 2.76. The summed E-state index contributed by atoms with van der Waals surface area (Å²) in [6.45, 7) is 7.76. The summed E-state index contributed by atoms with van der Waals surface area (Å²) in [4.78, 5) is 27.0. The molecule has 0 radical (unpaired) electrons. The van der Waals surface area contributed by atoms with Crippen molar-refractivity contribution in [1.29, 1.82) is 0 Å². The Morgan fingerprint density at radius 1 is 1.23 bits per heavy atom. The van der Waals surface area contributed by atoms with Crippen LogP contribution in [0, 0.1) is 6.92 Å². The van der Waals surface area contributed by atoms with Crippen molar-refractivity contribution in [2.24, 2.45) is 0 Å². The summed E-state index contributed by atoms with van der Waals surface area (Å²) in [5.74, 6) is 0.844. The summed E-state index contributed by atoms with van der Waals surface area (Å²) in [7, 11) is 0. The number of aromatic nitrogens is 3. The summed E-state index contributed by atoms with van der Waals surface area (Å²) < 4.78 is 5.12. The predicted molar refractivity (Wildman–Crippen MR) is 82.5 cm³/mol. The van der Waals surface area contributed by atoms with Crippen molar-refractivity contribution >= 4 is 17.9 Å². The largest absolute Gasteiger partial charge is 0.444 e. The second-order valence-electron chi connectivity index (χ2n) is 6.03. The molecular formula is C14H25N5O3. The summed E-state index contributed by atoms with van der Waals surface area (Å²) in [5.41, 5.74) is -0.485. The molecule has 0 fully saturated rings. The van der Waals surface area contributed by atoms with Gasteiger partial charge in [0.25, 0.3) is 0 Å². The smallest absolute Gasteiger partial charge is 0.407 e. The number of amides is 2. The van der Waals surface area contributed by atoms with E-state index < -0.39 is 11.7 Å². The number of aryl methyl sites for hydroxylation is 1. The van der Waals surface area contributed by atoms with Gasteiger partial charge in [-0.15, -0.1) is 5.10 Å². The van der Waals surface area contributed by atoms with Gasteiger partial charge in [-0.2, -0.15) is 4.98 Å². The molecule has 1 rings (SSSR count). The number of anilines is 1. The Morgan fingerprint density at radius 2 is 1.95 bits per heavy atom. The molecule has 22 heavy (non-hydrogen) atoms. The third-order valence-corrected chi connectivity index (χ3v) is 2.60. The number of carbonyl (C=O) groups excluding carboxylic acids is 2. The minimum Gasteiger partial charge on any atom is -0.444 e. The van der Waals surface area contributed by atoms with Crippen molar-refractivity contribution in [1.82, 2.24) is 20.5 Å². The zero-order chi connectivity index (χ0) is 16.6. The first-order valence-electron chi connectivity index (χ1n) is 7.42. The lowest BCUT2D eigenvalue weighted by atomic mass is 10.2. The molecule has 0 spiro atoms. The first-order valence-corrected chi connectivity index (χ1v) is 7.42. The first kappa shape index (κ1) is 17.9. The molecule has 0 aromatic carbocycles. The Labute approximate surface area is 130 Å². The van der Waals surface area contributed by atoms with Gasteiger partial charge in [0, 0.05) is 13.0 Å². The van der Waals surface area contributed by atoms with Crippen LogP contribution in [0.3, 0.4) is 0 Å². The van der Waals surface area contributed by atoms with Crippen LogP contribution in [-0.4, -0.2) is 39.3 Å². The van der Waals surface area contributed by atoms with Crippen LogP contribution in [0.4, 0.5) is 10.7 Å². The molecule has 2 amide bonds. The van der Waals surface area contributed by atoms with Gasteiger partial charge in [0.05, 0.1) is 0 Å². The van der Waals surface area contributed by atoms with E-state index in [1.807, 2.05) is 20.8 Å². The highest BCUT2D eigenvalue weighted by atomic mass is 16.6. The number of rotatable bonds is 7. The lowest BCUT2D eigenvalue weighted by Gasteiger charge is -2.19. The number of hydrogen-bond acceptors (Lipinski definition) is 5. The molecule has 8 nitrogen and oxygen atoms in total. The van der Waals surface area contributed by atoms with E-state index in [9.17, 15) is 9.59 Å². The van der Waals surface area contributed by atoms with Gasteiger partial charge in [-0.25, -0.2) is 4.79 Å². The van der Waals surface area contributed by atoms with Gasteiger partial charge in [0.15, 0.2) is 0 Å². The Morgan fingerprint density at radius 3 is 2.55 bits per heavy atom. The number of H-pyrrole nitrogens is 1. The van der Waals surface area contributed by atoms with Crippen LogP contribution in [0.25, 0.3) is 0 Å². The van der Waals surface area contributed by atoms with Crippen LogP contribution >= 0.6 is 0 Å². The van der Waals surface area contributed by atoms with Crippen molar-refractivity contribution < 1.29 is 14.3 Å². The molecule has 124 valence electrons. The maximum absolute atomic E-state index is 11.6. The molecule has 1 aromatic rings. The number of carbonyl (C=O) groups is 2. The minimum absolute atomic E-state index is 0.112. The van der Waals surface area contributed by atoms with Gasteiger partial charge in [0.2, 0.25) is 11.9 Å². The molecule has 0 saturated heterocycles. The topological polar surface area (TPSA) is 109 Å². The van der Waals surface area contributed by atoms with E-state index in [0.717, 1.165) is 19.3 Å². The number of nitrogens with zero attached hydrogens (tertiary/aromatic N) is 2. The van der Waals surface area contributed by atoms with E-state index >= 15 is 0 Å². The molecule has 0 saturated carbocycles.